The summed E-state index contributed by atoms with van der Waals surface area (Å²) in [5.41, 5.74) is -0.493. The van der Waals surface area contributed by atoms with Crippen molar-refractivity contribution in [2.45, 2.75) is 44.8 Å². The van der Waals surface area contributed by atoms with Gasteiger partial charge in [0.25, 0.3) is 0 Å². The molecule has 1 aliphatic rings. The molecule has 0 saturated heterocycles. The van der Waals surface area contributed by atoms with Crippen molar-refractivity contribution in [2.75, 3.05) is 0 Å². The van der Waals surface area contributed by atoms with Crippen LogP contribution in [0.5, 0.6) is 0 Å². The molecule has 1 N–H and O–H groups in total. The van der Waals surface area contributed by atoms with Gasteiger partial charge in [0.1, 0.15) is 0 Å². The molecule has 0 radical (unpaired) electrons. The molecule has 0 spiro atoms. The molecule has 1 aromatic heterocycles. The minimum atomic E-state index is -0.493. The van der Waals surface area contributed by atoms with E-state index in [0.29, 0.717) is 6.54 Å². The molecule has 1 heterocycles. The molecule has 1 saturated carbocycles. The van der Waals surface area contributed by atoms with Crippen LogP contribution in [-0.4, -0.2) is 20.3 Å². The van der Waals surface area contributed by atoms with Gasteiger partial charge >= 0.3 is 0 Å². The Balaban J connectivity index is 1.96. The van der Waals surface area contributed by atoms with Crippen molar-refractivity contribution >= 4 is 0 Å². The van der Waals surface area contributed by atoms with Gasteiger partial charge in [-0.3, -0.25) is 0 Å². The van der Waals surface area contributed by atoms with Gasteiger partial charge in [0.15, 0.2) is 0 Å². The molecule has 3 heteroatoms. The lowest BCUT2D eigenvalue weighted by molar-refractivity contribution is -0.0217. The summed E-state index contributed by atoms with van der Waals surface area (Å²) in [5.74, 6) is 0.776. The highest BCUT2D eigenvalue weighted by atomic mass is 16.3. The maximum absolute atomic E-state index is 10.3. The van der Waals surface area contributed by atoms with Crippen molar-refractivity contribution in [3.8, 4) is 0 Å². The second kappa shape index (κ2) is 3.73. The number of hydrogen-bond donors (Lipinski definition) is 1. The predicted octanol–water partition coefficient (Wildman–Crippen LogP) is 1.82. The molecule has 1 fully saturated rings. The van der Waals surface area contributed by atoms with Gasteiger partial charge in [0.2, 0.25) is 0 Å². The molecule has 0 amide bonds. The summed E-state index contributed by atoms with van der Waals surface area (Å²) in [6.45, 7) is 2.95. The van der Waals surface area contributed by atoms with E-state index in [4.69, 9.17) is 0 Å². The Bertz CT molecular complexity index is 273. The summed E-state index contributed by atoms with van der Waals surface area (Å²) < 4.78 is 1.97. The average molecular weight is 194 g/mol. The zero-order chi connectivity index (χ0) is 10.0. The van der Waals surface area contributed by atoms with Crippen LogP contribution in [0.2, 0.25) is 0 Å². The normalized spacial score (nSPS) is 33.1. The fourth-order valence-electron chi connectivity index (χ4n) is 2.18. The minimum absolute atomic E-state index is 0.493. The third kappa shape index (κ3) is 2.15. The Morgan fingerprint density at radius 3 is 2.79 bits per heavy atom. The monoisotopic (exact) mass is 194 g/mol. The van der Waals surface area contributed by atoms with Gasteiger partial charge in [-0.1, -0.05) is 6.92 Å². The largest absolute Gasteiger partial charge is 0.388 e. The fraction of sp³-hybridized carbons (Fsp3) is 0.727. The van der Waals surface area contributed by atoms with Crippen LogP contribution >= 0.6 is 0 Å². The lowest BCUT2D eigenvalue weighted by Gasteiger charge is -2.35. The SMILES string of the molecule is CC1CCC(O)(Cn2ccnc2)CC1. The molecule has 14 heavy (non-hydrogen) atoms. The summed E-state index contributed by atoms with van der Waals surface area (Å²) in [6.07, 6.45) is 9.58. The number of aromatic nitrogens is 2. The van der Waals surface area contributed by atoms with Crippen LogP contribution in [0.25, 0.3) is 0 Å². The van der Waals surface area contributed by atoms with E-state index in [0.717, 1.165) is 31.6 Å². The molecule has 3 nitrogen and oxygen atoms in total. The second-order valence-electron chi connectivity index (χ2n) is 4.64. The first kappa shape index (κ1) is 9.71. The minimum Gasteiger partial charge on any atom is -0.388 e. The van der Waals surface area contributed by atoms with Gasteiger partial charge < -0.3 is 9.67 Å². The van der Waals surface area contributed by atoms with E-state index in [9.17, 15) is 5.11 Å². The van der Waals surface area contributed by atoms with Crippen LogP contribution in [-0.2, 0) is 6.54 Å². The van der Waals surface area contributed by atoms with Crippen molar-refractivity contribution in [3.05, 3.63) is 18.7 Å². The summed E-state index contributed by atoms with van der Waals surface area (Å²) in [5, 5.41) is 10.3. The van der Waals surface area contributed by atoms with Crippen LogP contribution in [0.3, 0.4) is 0 Å². The Hall–Kier alpha value is -0.830. The molecule has 0 aliphatic heterocycles. The van der Waals surface area contributed by atoms with Crippen LogP contribution < -0.4 is 0 Å². The maximum atomic E-state index is 10.3. The molecule has 1 aromatic rings. The van der Waals surface area contributed by atoms with Crippen LogP contribution in [0.15, 0.2) is 18.7 Å². The Kier molecular flexibility index (Phi) is 2.59. The van der Waals surface area contributed by atoms with Crippen molar-refractivity contribution in [1.82, 2.24) is 9.55 Å². The quantitative estimate of drug-likeness (QED) is 0.780. The van der Waals surface area contributed by atoms with Crippen molar-refractivity contribution in [2.24, 2.45) is 5.92 Å². The molecule has 1 aliphatic carbocycles. The van der Waals surface area contributed by atoms with E-state index >= 15 is 0 Å². The van der Waals surface area contributed by atoms with Crippen molar-refractivity contribution in [3.63, 3.8) is 0 Å². The number of aliphatic hydroxyl groups is 1. The molecule has 0 atom stereocenters. The number of rotatable bonds is 2. The third-order valence-electron chi connectivity index (χ3n) is 3.24. The van der Waals surface area contributed by atoms with E-state index in [2.05, 4.69) is 11.9 Å². The molecule has 0 unspecified atom stereocenters. The number of nitrogens with zero attached hydrogens (tertiary/aromatic N) is 2. The summed E-state index contributed by atoms with van der Waals surface area (Å²) in [4.78, 5) is 3.99. The molecule has 2 rings (SSSR count). The van der Waals surface area contributed by atoms with Gasteiger partial charge in [-0.25, -0.2) is 4.98 Å². The highest BCUT2D eigenvalue weighted by Gasteiger charge is 2.31. The first-order valence-electron chi connectivity index (χ1n) is 5.36. The maximum Gasteiger partial charge on any atom is 0.0946 e. The molecule has 0 aromatic carbocycles. The molecular weight excluding hydrogens is 176 g/mol. The number of hydrogen-bond acceptors (Lipinski definition) is 2. The lowest BCUT2D eigenvalue weighted by Crippen LogP contribution is -2.37. The van der Waals surface area contributed by atoms with E-state index in [1.807, 2.05) is 10.8 Å². The lowest BCUT2D eigenvalue weighted by atomic mass is 9.79. The summed E-state index contributed by atoms with van der Waals surface area (Å²) in [7, 11) is 0. The average Bonchev–Trinajstić information content (AvgIpc) is 2.63. The number of imidazole rings is 1. The fourth-order valence-corrected chi connectivity index (χ4v) is 2.18. The highest BCUT2D eigenvalue weighted by Crippen LogP contribution is 2.32. The van der Waals surface area contributed by atoms with E-state index < -0.39 is 5.60 Å². The highest BCUT2D eigenvalue weighted by molar-refractivity contribution is 4.87. The van der Waals surface area contributed by atoms with Crippen LogP contribution in [0.1, 0.15) is 32.6 Å². The summed E-state index contributed by atoms with van der Waals surface area (Å²) >= 11 is 0. The molecule has 78 valence electrons. The first-order valence-corrected chi connectivity index (χ1v) is 5.36. The standard InChI is InChI=1S/C11H18N2O/c1-10-2-4-11(14,5-3-10)8-13-7-6-12-9-13/h6-7,9-10,14H,2-5,8H2,1H3. The van der Waals surface area contributed by atoms with Crippen molar-refractivity contribution < 1.29 is 5.11 Å². The van der Waals surface area contributed by atoms with Gasteiger partial charge in [-0.05, 0) is 31.6 Å². The second-order valence-corrected chi connectivity index (χ2v) is 4.64. The Labute approximate surface area is 84.8 Å². The van der Waals surface area contributed by atoms with Crippen LogP contribution in [0.4, 0.5) is 0 Å². The Morgan fingerprint density at radius 1 is 1.50 bits per heavy atom. The Morgan fingerprint density at radius 2 is 2.21 bits per heavy atom. The van der Waals surface area contributed by atoms with E-state index in [1.54, 1.807) is 12.5 Å². The smallest absolute Gasteiger partial charge is 0.0946 e. The van der Waals surface area contributed by atoms with Gasteiger partial charge in [-0.15, -0.1) is 0 Å². The van der Waals surface area contributed by atoms with Gasteiger partial charge in [0.05, 0.1) is 18.5 Å². The van der Waals surface area contributed by atoms with Gasteiger partial charge in [-0.2, -0.15) is 0 Å². The first-order chi connectivity index (χ1) is 6.68. The zero-order valence-corrected chi connectivity index (χ0v) is 8.69. The van der Waals surface area contributed by atoms with E-state index in [1.165, 1.54) is 0 Å². The zero-order valence-electron chi connectivity index (χ0n) is 8.69. The molecular formula is C11H18N2O. The summed E-state index contributed by atoms with van der Waals surface area (Å²) in [6, 6.07) is 0. The third-order valence-corrected chi connectivity index (χ3v) is 3.24. The van der Waals surface area contributed by atoms with E-state index in [-0.39, 0.29) is 0 Å². The van der Waals surface area contributed by atoms with Crippen LogP contribution in [0, 0.1) is 5.92 Å². The topological polar surface area (TPSA) is 38.0 Å². The predicted molar refractivity (Wildman–Crippen MR) is 54.8 cm³/mol. The van der Waals surface area contributed by atoms with Crippen molar-refractivity contribution in [1.29, 1.82) is 0 Å². The molecule has 0 bridgehead atoms. The van der Waals surface area contributed by atoms with Gasteiger partial charge in [0, 0.05) is 12.4 Å².